The van der Waals surface area contributed by atoms with Crippen LogP contribution in [0.15, 0.2) is 24.3 Å². The smallest absolute Gasteiger partial charge is 0.0475 e. The molecule has 2 heteroatoms. The van der Waals surface area contributed by atoms with Crippen LogP contribution in [0.1, 0.15) is 57.7 Å². The first-order valence-corrected chi connectivity index (χ1v) is 8.72. The van der Waals surface area contributed by atoms with Crippen LogP contribution in [0.5, 0.6) is 0 Å². The van der Waals surface area contributed by atoms with Crippen molar-refractivity contribution in [2.24, 2.45) is 5.92 Å². The van der Waals surface area contributed by atoms with E-state index >= 15 is 0 Å². The maximum absolute atomic E-state index is 3.71. The van der Waals surface area contributed by atoms with Crippen molar-refractivity contribution in [2.75, 3.05) is 19.6 Å². The minimum absolute atomic E-state index is 0.436. The lowest BCUT2D eigenvalue weighted by atomic mass is 9.93. The van der Waals surface area contributed by atoms with E-state index in [1.165, 1.54) is 37.1 Å². The maximum Gasteiger partial charge on any atom is 0.0475 e. The lowest BCUT2D eigenvalue weighted by Gasteiger charge is -2.39. The first-order chi connectivity index (χ1) is 10.2. The number of likely N-dealkylation sites (tertiary alicyclic amines) is 1. The largest absolute Gasteiger partial charge is 0.309 e. The fraction of sp³-hybridized carbons (Fsp3) is 0.684. The highest BCUT2D eigenvalue weighted by Crippen LogP contribution is 2.26. The van der Waals surface area contributed by atoms with E-state index in [1.807, 2.05) is 0 Å². The van der Waals surface area contributed by atoms with Crippen LogP contribution in [-0.4, -0.2) is 30.6 Å². The van der Waals surface area contributed by atoms with Crippen molar-refractivity contribution in [1.29, 1.82) is 0 Å². The van der Waals surface area contributed by atoms with E-state index in [4.69, 9.17) is 0 Å². The van der Waals surface area contributed by atoms with Gasteiger partial charge in [0.05, 0.1) is 0 Å². The van der Waals surface area contributed by atoms with Crippen molar-refractivity contribution in [3.05, 3.63) is 35.4 Å². The Morgan fingerprint density at radius 3 is 2.52 bits per heavy atom. The average molecular weight is 288 g/mol. The monoisotopic (exact) mass is 288 g/mol. The summed E-state index contributed by atoms with van der Waals surface area (Å²) in [5.74, 6) is 0.839. The number of likely N-dealkylation sites (N-methyl/N-ethyl adjacent to an activating group) is 1. The Bertz CT molecular complexity index is 412. The van der Waals surface area contributed by atoms with Crippen molar-refractivity contribution in [3.63, 3.8) is 0 Å². The molecule has 118 valence electrons. The van der Waals surface area contributed by atoms with E-state index in [0.717, 1.165) is 18.9 Å². The summed E-state index contributed by atoms with van der Waals surface area (Å²) < 4.78 is 0. The number of nitrogens with zero attached hydrogens (tertiary/aromatic N) is 1. The number of aryl methyl sites for hydroxylation is 1. The average Bonchev–Trinajstić information content (AvgIpc) is 2.52. The Morgan fingerprint density at radius 1 is 1.24 bits per heavy atom. The summed E-state index contributed by atoms with van der Waals surface area (Å²) in [6, 6.07) is 10.2. The molecule has 3 unspecified atom stereocenters. The van der Waals surface area contributed by atoms with Gasteiger partial charge in [-0.15, -0.1) is 0 Å². The Hall–Kier alpha value is -0.860. The SMILES string of the molecule is CCNC(c1ccc(CC)cc1)C(C)N1CCCC(C)C1. The molecule has 1 aliphatic rings. The topological polar surface area (TPSA) is 15.3 Å². The van der Waals surface area contributed by atoms with Crippen LogP contribution >= 0.6 is 0 Å². The summed E-state index contributed by atoms with van der Waals surface area (Å²) in [5, 5.41) is 3.71. The first kappa shape index (κ1) is 16.5. The third kappa shape index (κ3) is 4.31. The van der Waals surface area contributed by atoms with Crippen LogP contribution < -0.4 is 5.32 Å². The van der Waals surface area contributed by atoms with Gasteiger partial charge in [0.1, 0.15) is 0 Å². The fourth-order valence-electron chi connectivity index (χ4n) is 3.55. The minimum atomic E-state index is 0.436. The molecule has 1 saturated heterocycles. The van der Waals surface area contributed by atoms with Gasteiger partial charge >= 0.3 is 0 Å². The summed E-state index contributed by atoms with van der Waals surface area (Å²) in [7, 11) is 0. The second-order valence-corrected chi connectivity index (χ2v) is 6.61. The normalized spacial score (nSPS) is 23.0. The number of rotatable bonds is 6. The summed E-state index contributed by atoms with van der Waals surface area (Å²) in [4.78, 5) is 2.68. The van der Waals surface area contributed by atoms with Crippen LogP contribution in [-0.2, 0) is 6.42 Å². The minimum Gasteiger partial charge on any atom is -0.309 e. The Balaban J connectivity index is 2.12. The highest BCUT2D eigenvalue weighted by molar-refractivity contribution is 5.26. The quantitative estimate of drug-likeness (QED) is 0.850. The molecule has 0 aromatic heterocycles. The van der Waals surface area contributed by atoms with Crippen molar-refractivity contribution >= 4 is 0 Å². The van der Waals surface area contributed by atoms with E-state index in [1.54, 1.807) is 0 Å². The molecule has 2 rings (SSSR count). The highest BCUT2D eigenvalue weighted by atomic mass is 15.2. The van der Waals surface area contributed by atoms with E-state index in [2.05, 4.69) is 62.2 Å². The van der Waals surface area contributed by atoms with Crippen molar-refractivity contribution in [2.45, 2.75) is 59.0 Å². The molecule has 0 aliphatic carbocycles. The van der Waals surface area contributed by atoms with Crippen molar-refractivity contribution in [3.8, 4) is 0 Å². The molecule has 3 atom stereocenters. The van der Waals surface area contributed by atoms with Crippen LogP contribution in [0.25, 0.3) is 0 Å². The molecule has 0 bridgehead atoms. The molecule has 2 nitrogen and oxygen atoms in total. The van der Waals surface area contributed by atoms with Gasteiger partial charge in [0.2, 0.25) is 0 Å². The number of hydrogen-bond donors (Lipinski definition) is 1. The van der Waals surface area contributed by atoms with Gasteiger partial charge in [0.15, 0.2) is 0 Å². The number of benzene rings is 1. The Kier molecular flexibility index (Phi) is 6.25. The van der Waals surface area contributed by atoms with Gasteiger partial charge in [0.25, 0.3) is 0 Å². The van der Waals surface area contributed by atoms with Gasteiger partial charge in [0, 0.05) is 18.6 Å². The number of piperidine rings is 1. The maximum atomic E-state index is 3.71. The second kappa shape index (κ2) is 7.95. The lowest BCUT2D eigenvalue weighted by Crippen LogP contribution is -2.47. The van der Waals surface area contributed by atoms with Crippen LogP contribution in [0.2, 0.25) is 0 Å². The lowest BCUT2D eigenvalue weighted by molar-refractivity contribution is 0.113. The molecule has 0 amide bonds. The van der Waals surface area contributed by atoms with Gasteiger partial charge < -0.3 is 5.32 Å². The van der Waals surface area contributed by atoms with Gasteiger partial charge in [-0.3, -0.25) is 4.90 Å². The molecule has 0 saturated carbocycles. The molecule has 1 fully saturated rings. The summed E-state index contributed by atoms with van der Waals surface area (Å²) in [6.45, 7) is 12.7. The highest BCUT2D eigenvalue weighted by Gasteiger charge is 2.27. The van der Waals surface area contributed by atoms with E-state index in [9.17, 15) is 0 Å². The standard InChI is InChI=1S/C19H32N2/c1-5-17-9-11-18(12-10-17)19(20-6-2)16(4)21-13-7-8-15(3)14-21/h9-12,15-16,19-20H,5-8,13-14H2,1-4H3. The third-order valence-electron chi connectivity index (χ3n) is 4.92. The van der Waals surface area contributed by atoms with Crippen LogP contribution in [0.4, 0.5) is 0 Å². The molecule has 1 aromatic rings. The summed E-state index contributed by atoms with van der Waals surface area (Å²) in [6.07, 6.45) is 3.85. The van der Waals surface area contributed by atoms with Gasteiger partial charge in [-0.1, -0.05) is 45.0 Å². The zero-order chi connectivity index (χ0) is 15.2. The first-order valence-electron chi connectivity index (χ1n) is 8.72. The van der Waals surface area contributed by atoms with Gasteiger partial charge in [-0.2, -0.15) is 0 Å². The number of nitrogens with one attached hydrogen (secondary N) is 1. The summed E-state index contributed by atoms with van der Waals surface area (Å²) >= 11 is 0. The predicted molar refractivity (Wildman–Crippen MR) is 91.7 cm³/mol. The van der Waals surface area contributed by atoms with Gasteiger partial charge in [-0.05, 0) is 56.3 Å². The molecule has 1 heterocycles. The van der Waals surface area contributed by atoms with E-state index in [-0.39, 0.29) is 0 Å². The molecule has 0 radical (unpaired) electrons. The fourth-order valence-corrected chi connectivity index (χ4v) is 3.55. The van der Waals surface area contributed by atoms with Gasteiger partial charge in [-0.25, -0.2) is 0 Å². The predicted octanol–water partition coefficient (Wildman–Crippen LogP) is 4.02. The third-order valence-corrected chi connectivity index (χ3v) is 4.92. The molecule has 0 spiro atoms. The molecule has 21 heavy (non-hydrogen) atoms. The Labute approximate surface area is 130 Å². The van der Waals surface area contributed by atoms with Crippen molar-refractivity contribution in [1.82, 2.24) is 10.2 Å². The zero-order valence-corrected chi connectivity index (χ0v) is 14.2. The molecular formula is C19H32N2. The van der Waals surface area contributed by atoms with Crippen molar-refractivity contribution < 1.29 is 0 Å². The molecular weight excluding hydrogens is 256 g/mol. The number of hydrogen-bond acceptors (Lipinski definition) is 2. The van der Waals surface area contributed by atoms with E-state index in [0.29, 0.717) is 12.1 Å². The zero-order valence-electron chi connectivity index (χ0n) is 14.2. The molecule has 1 N–H and O–H groups in total. The Morgan fingerprint density at radius 2 is 1.95 bits per heavy atom. The molecule has 1 aliphatic heterocycles. The second-order valence-electron chi connectivity index (χ2n) is 6.61. The van der Waals surface area contributed by atoms with Crippen LogP contribution in [0, 0.1) is 5.92 Å². The van der Waals surface area contributed by atoms with Crippen LogP contribution in [0.3, 0.4) is 0 Å². The summed E-state index contributed by atoms with van der Waals surface area (Å²) in [5.41, 5.74) is 2.85. The molecule has 1 aromatic carbocycles. The van der Waals surface area contributed by atoms with E-state index < -0.39 is 0 Å².